The van der Waals surface area contributed by atoms with Gasteiger partial charge in [-0.1, -0.05) is 18.2 Å². The molecular formula is C9H6F3NO2. The van der Waals surface area contributed by atoms with Crippen LogP contribution in [0.25, 0.3) is 0 Å². The molecule has 0 aliphatic heterocycles. The molecule has 80 valence electrons. The van der Waals surface area contributed by atoms with Gasteiger partial charge in [0.25, 0.3) is 5.91 Å². The Bertz CT molecular complexity index is 373. The number of nitrogens with one attached hydrogen (secondary N) is 1. The van der Waals surface area contributed by atoms with Crippen molar-refractivity contribution in [2.24, 2.45) is 0 Å². The van der Waals surface area contributed by atoms with E-state index in [0.717, 1.165) is 0 Å². The summed E-state index contributed by atoms with van der Waals surface area (Å²) < 4.78 is 35.3. The Morgan fingerprint density at radius 3 is 2.07 bits per heavy atom. The average molecular weight is 217 g/mol. The summed E-state index contributed by atoms with van der Waals surface area (Å²) >= 11 is 0. The second-order valence-corrected chi connectivity index (χ2v) is 2.65. The van der Waals surface area contributed by atoms with Crippen molar-refractivity contribution in [3.05, 3.63) is 35.9 Å². The summed E-state index contributed by atoms with van der Waals surface area (Å²) in [4.78, 5) is 21.5. The van der Waals surface area contributed by atoms with Gasteiger partial charge in [0.2, 0.25) is 0 Å². The molecule has 1 N–H and O–H groups in total. The Balaban J connectivity index is 2.70. The van der Waals surface area contributed by atoms with Crippen LogP contribution in [0.2, 0.25) is 0 Å². The highest BCUT2D eigenvalue weighted by atomic mass is 19.4. The largest absolute Gasteiger partial charge is 0.471 e. The van der Waals surface area contributed by atoms with Gasteiger partial charge in [0.15, 0.2) is 0 Å². The summed E-state index contributed by atoms with van der Waals surface area (Å²) in [6, 6.07) is 7.17. The van der Waals surface area contributed by atoms with E-state index in [1.165, 1.54) is 29.6 Å². The van der Waals surface area contributed by atoms with E-state index in [1.807, 2.05) is 0 Å². The Morgan fingerprint density at radius 2 is 1.60 bits per heavy atom. The molecule has 6 heteroatoms. The molecule has 0 radical (unpaired) electrons. The number of hydrogen-bond acceptors (Lipinski definition) is 2. The van der Waals surface area contributed by atoms with E-state index >= 15 is 0 Å². The number of amides is 2. The number of halogens is 3. The van der Waals surface area contributed by atoms with E-state index in [1.54, 1.807) is 6.07 Å². The van der Waals surface area contributed by atoms with Crippen molar-refractivity contribution in [3.63, 3.8) is 0 Å². The predicted molar refractivity (Wildman–Crippen MR) is 45.0 cm³/mol. The quantitative estimate of drug-likeness (QED) is 0.774. The van der Waals surface area contributed by atoms with Crippen molar-refractivity contribution in [1.82, 2.24) is 5.32 Å². The Labute approximate surface area is 82.9 Å². The Hall–Kier alpha value is -1.85. The van der Waals surface area contributed by atoms with Crippen molar-refractivity contribution in [3.8, 4) is 0 Å². The summed E-state index contributed by atoms with van der Waals surface area (Å²) in [7, 11) is 0. The van der Waals surface area contributed by atoms with Gasteiger partial charge in [0.05, 0.1) is 0 Å². The molecule has 0 unspecified atom stereocenters. The molecule has 1 rings (SSSR count). The third kappa shape index (κ3) is 3.08. The molecule has 1 aromatic carbocycles. The maximum absolute atomic E-state index is 11.8. The number of imide groups is 1. The van der Waals surface area contributed by atoms with E-state index < -0.39 is 18.0 Å². The Morgan fingerprint density at radius 1 is 1.07 bits per heavy atom. The first-order valence-corrected chi connectivity index (χ1v) is 3.89. The van der Waals surface area contributed by atoms with Crippen molar-refractivity contribution < 1.29 is 22.8 Å². The van der Waals surface area contributed by atoms with Crippen LogP contribution >= 0.6 is 0 Å². The minimum atomic E-state index is -5.05. The van der Waals surface area contributed by atoms with Gasteiger partial charge in [-0.15, -0.1) is 0 Å². The number of carbonyl (C=O) groups excluding carboxylic acids is 2. The molecule has 2 amide bonds. The lowest BCUT2D eigenvalue weighted by molar-refractivity contribution is -0.172. The first kappa shape index (κ1) is 11.2. The number of benzene rings is 1. The summed E-state index contributed by atoms with van der Waals surface area (Å²) in [6.07, 6.45) is -5.05. The SMILES string of the molecule is O=C(NC(=O)C(F)(F)F)c1ccccc1. The van der Waals surface area contributed by atoms with Crippen LogP contribution in [0.15, 0.2) is 30.3 Å². The minimum absolute atomic E-state index is 0.00454. The van der Waals surface area contributed by atoms with Crippen molar-refractivity contribution in [2.45, 2.75) is 6.18 Å². The third-order valence-electron chi connectivity index (χ3n) is 1.52. The molecule has 0 saturated carbocycles. The number of hydrogen-bond donors (Lipinski definition) is 1. The van der Waals surface area contributed by atoms with Gasteiger partial charge >= 0.3 is 12.1 Å². The zero-order chi connectivity index (χ0) is 11.5. The Kier molecular flexibility index (Phi) is 3.08. The zero-order valence-electron chi connectivity index (χ0n) is 7.34. The maximum Gasteiger partial charge on any atom is 0.471 e. The topological polar surface area (TPSA) is 46.2 Å². The zero-order valence-corrected chi connectivity index (χ0v) is 7.34. The third-order valence-corrected chi connectivity index (χ3v) is 1.52. The summed E-state index contributed by atoms with van der Waals surface area (Å²) in [5, 5.41) is 1.23. The molecule has 0 aromatic heterocycles. The summed E-state index contributed by atoms with van der Waals surface area (Å²) in [5.41, 5.74) is -0.00454. The van der Waals surface area contributed by atoms with Gasteiger partial charge < -0.3 is 0 Å². The van der Waals surface area contributed by atoms with Crippen LogP contribution in [0.4, 0.5) is 13.2 Å². The minimum Gasteiger partial charge on any atom is -0.284 e. The maximum atomic E-state index is 11.8. The van der Waals surface area contributed by atoms with E-state index in [4.69, 9.17) is 0 Å². The number of alkyl halides is 3. The van der Waals surface area contributed by atoms with Gasteiger partial charge in [-0.25, -0.2) is 0 Å². The standard InChI is InChI=1S/C9H6F3NO2/c10-9(11,12)8(15)13-7(14)6-4-2-1-3-5-6/h1-5H,(H,13,14,15). The second kappa shape index (κ2) is 4.12. The second-order valence-electron chi connectivity index (χ2n) is 2.65. The molecule has 0 fully saturated rings. The number of carbonyl (C=O) groups is 2. The van der Waals surface area contributed by atoms with E-state index in [2.05, 4.69) is 0 Å². The van der Waals surface area contributed by atoms with Crippen LogP contribution in [-0.4, -0.2) is 18.0 Å². The first-order chi connectivity index (χ1) is 6.91. The number of rotatable bonds is 1. The molecule has 0 bridgehead atoms. The monoisotopic (exact) mass is 217 g/mol. The molecule has 15 heavy (non-hydrogen) atoms. The van der Waals surface area contributed by atoms with Crippen molar-refractivity contribution >= 4 is 11.8 Å². The van der Waals surface area contributed by atoms with Crippen LogP contribution in [0.5, 0.6) is 0 Å². The first-order valence-electron chi connectivity index (χ1n) is 3.89. The van der Waals surface area contributed by atoms with Crippen LogP contribution in [0.1, 0.15) is 10.4 Å². The van der Waals surface area contributed by atoms with Crippen LogP contribution in [0.3, 0.4) is 0 Å². The molecule has 0 saturated heterocycles. The fourth-order valence-electron chi connectivity index (χ4n) is 0.836. The highest BCUT2D eigenvalue weighted by Gasteiger charge is 2.39. The predicted octanol–water partition coefficient (Wildman–Crippen LogP) is 1.51. The van der Waals surface area contributed by atoms with Crippen LogP contribution in [0, 0.1) is 0 Å². The fraction of sp³-hybridized carbons (Fsp3) is 0.111. The van der Waals surface area contributed by atoms with Crippen molar-refractivity contribution in [2.75, 3.05) is 0 Å². The summed E-state index contributed by atoms with van der Waals surface area (Å²) in [6.45, 7) is 0. The van der Waals surface area contributed by atoms with Gasteiger partial charge in [-0.05, 0) is 12.1 Å². The van der Waals surface area contributed by atoms with E-state index in [9.17, 15) is 22.8 Å². The lowest BCUT2D eigenvalue weighted by Crippen LogP contribution is -2.40. The van der Waals surface area contributed by atoms with Gasteiger partial charge in [0, 0.05) is 5.56 Å². The molecule has 0 aliphatic rings. The fourth-order valence-corrected chi connectivity index (χ4v) is 0.836. The van der Waals surface area contributed by atoms with Crippen LogP contribution in [-0.2, 0) is 4.79 Å². The smallest absolute Gasteiger partial charge is 0.284 e. The van der Waals surface area contributed by atoms with Gasteiger partial charge in [-0.3, -0.25) is 14.9 Å². The van der Waals surface area contributed by atoms with Gasteiger partial charge in [0.1, 0.15) is 0 Å². The van der Waals surface area contributed by atoms with Gasteiger partial charge in [-0.2, -0.15) is 13.2 Å². The molecule has 0 heterocycles. The highest BCUT2D eigenvalue weighted by Crippen LogP contribution is 2.14. The normalized spacial score (nSPS) is 10.9. The molecule has 3 nitrogen and oxygen atoms in total. The van der Waals surface area contributed by atoms with E-state index in [0.29, 0.717) is 0 Å². The van der Waals surface area contributed by atoms with Crippen molar-refractivity contribution in [1.29, 1.82) is 0 Å². The average Bonchev–Trinajstić information content (AvgIpc) is 2.17. The summed E-state index contributed by atoms with van der Waals surface area (Å²) in [5.74, 6) is -3.34. The molecule has 0 spiro atoms. The lowest BCUT2D eigenvalue weighted by Gasteiger charge is -2.06. The van der Waals surface area contributed by atoms with E-state index in [-0.39, 0.29) is 5.56 Å². The molecule has 0 atom stereocenters. The molecular weight excluding hydrogens is 211 g/mol. The molecule has 1 aromatic rings. The highest BCUT2D eigenvalue weighted by molar-refractivity contribution is 6.06. The van der Waals surface area contributed by atoms with Crippen LogP contribution < -0.4 is 5.32 Å². The lowest BCUT2D eigenvalue weighted by atomic mass is 10.2. The molecule has 0 aliphatic carbocycles.